The lowest BCUT2D eigenvalue weighted by atomic mass is 10.1. The Morgan fingerprint density at radius 1 is 1.08 bits per heavy atom. The van der Waals surface area contributed by atoms with Crippen molar-refractivity contribution < 1.29 is 17.9 Å². The summed E-state index contributed by atoms with van der Waals surface area (Å²) in [5.74, 6) is 0.257. The number of nitrogens with zero attached hydrogens (tertiary/aromatic N) is 7. The number of fused-ring (bicyclic) bond motifs is 2. The molecule has 1 aliphatic heterocycles. The highest BCUT2D eigenvalue weighted by molar-refractivity contribution is 5.79. The van der Waals surface area contributed by atoms with Crippen molar-refractivity contribution in [3.8, 4) is 12.0 Å². The van der Waals surface area contributed by atoms with Gasteiger partial charge in [-0.1, -0.05) is 12.1 Å². The van der Waals surface area contributed by atoms with Gasteiger partial charge in [-0.3, -0.25) is 13.7 Å². The van der Waals surface area contributed by atoms with Crippen LogP contribution < -0.4 is 5.69 Å². The Morgan fingerprint density at radius 2 is 1.89 bits per heavy atom. The molecular weight excluding hydrogens is 499 g/mol. The summed E-state index contributed by atoms with van der Waals surface area (Å²) >= 11 is 0. The Hall–Kier alpha value is -4.50. The van der Waals surface area contributed by atoms with Crippen LogP contribution in [-0.4, -0.2) is 41.9 Å². The summed E-state index contributed by atoms with van der Waals surface area (Å²) in [6.07, 6.45) is -0.247. The van der Waals surface area contributed by atoms with Crippen molar-refractivity contribution in [3.63, 3.8) is 0 Å². The van der Waals surface area contributed by atoms with E-state index in [2.05, 4.69) is 16.0 Å². The zero-order valence-corrected chi connectivity index (χ0v) is 19.9. The number of nitriles is 1. The Kier molecular flexibility index (Phi) is 5.72. The Morgan fingerprint density at radius 3 is 2.66 bits per heavy atom. The highest BCUT2D eigenvalue weighted by Crippen LogP contribution is 2.30. The van der Waals surface area contributed by atoms with Crippen LogP contribution >= 0.6 is 0 Å². The lowest BCUT2D eigenvalue weighted by Crippen LogP contribution is -2.31. The molecule has 0 atom stereocenters. The predicted octanol–water partition coefficient (Wildman–Crippen LogP) is 4.22. The summed E-state index contributed by atoms with van der Waals surface area (Å²) in [5.41, 5.74) is 1.69. The van der Waals surface area contributed by atoms with Crippen LogP contribution in [0.15, 0.2) is 59.8 Å². The van der Waals surface area contributed by atoms with Crippen molar-refractivity contribution in [3.05, 3.63) is 82.2 Å². The van der Waals surface area contributed by atoms with Crippen molar-refractivity contribution in [2.75, 3.05) is 13.2 Å². The van der Waals surface area contributed by atoms with Gasteiger partial charge in [0.15, 0.2) is 5.65 Å². The molecule has 0 N–H and O–H groups in total. The molecule has 12 heteroatoms. The van der Waals surface area contributed by atoms with Gasteiger partial charge >= 0.3 is 11.9 Å². The van der Waals surface area contributed by atoms with E-state index in [-0.39, 0.29) is 24.2 Å². The number of ether oxygens (including phenoxy) is 1. The standard InChI is InChI=1S/C26H20F3N7O2/c27-26(28,29)18-3-1-2-17(10-18)14-34-22-13-31-24(35-15-32-20-5-4-16(12-30)11-21(20)35)33-23(22)36(25(34)37)19-6-8-38-9-7-19/h1-5,10-11,13,15,19H,6-9,14H2. The maximum atomic E-state index is 13.7. The van der Waals surface area contributed by atoms with Crippen molar-refractivity contribution in [1.29, 1.82) is 5.26 Å². The maximum absolute atomic E-state index is 13.7. The summed E-state index contributed by atoms with van der Waals surface area (Å²) in [5, 5.41) is 9.31. The summed E-state index contributed by atoms with van der Waals surface area (Å²) in [4.78, 5) is 27.3. The van der Waals surface area contributed by atoms with Crippen molar-refractivity contribution in [2.45, 2.75) is 31.6 Å². The fourth-order valence-electron chi connectivity index (χ4n) is 4.86. The van der Waals surface area contributed by atoms with Gasteiger partial charge in [-0.05, 0) is 48.7 Å². The summed E-state index contributed by atoms with van der Waals surface area (Å²) in [6, 6.07) is 11.9. The first-order chi connectivity index (χ1) is 18.3. The second kappa shape index (κ2) is 9.11. The third kappa shape index (κ3) is 4.10. The minimum absolute atomic E-state index is 0.0717. The number of benzene rings is 2. The Labute approximate surface area is 213 Å². The lowest BCUT2D eigenvalue weighted by molar-refractivity contribution is -0.137. The van der Waals surface area contributed by atoms with E-state index in [0.717, 1.165) is 12.1 Å². The van der Waals surface area contributed by atoms with Gasteiger partial charge in [0.05, 0.1) is 41.0 Å². The average Bonchev–Trinajstić information content (AvgIpc) is 3.46. The van der Waals surface area contributed by atoms with Crippen LogP contribution in [0, 0.1) is 11.3 Å². The van der Waals surface area contributed by atoms with E-state index >= 15 is 0 Å². The fraction of sp³-hybridized carbons (Fsp3) is 0.269. The number of rotatable bonds is 4. The molecule has 0 saturated carbocycles. The minimum Gasteiger partial charge on any atom is -0.381 e. The fourth-order valence-corrected chi connectivity index (χ4v) is 4.86. The van der Waals surface area contributed by atoms with E-state index < -0.39 is 11.7 Å². The molecule has 0 bridgehead atoms. The first-order valence-electron chi connectivity index (χ1n) is 11.9. The molecule has 6 rings (SSSR count). The van der Waals surface area contributed by atoms with Gasteiger partial charge in [-0.15, -0.1) is 0 Å². The molecule has 4 heterocycles. The summed E-state index contributed by atoms with van der Waals surface area (Å²) < 4.78 is 50.0. The zero-order chi connectivity index (χ0) is 26.4. The molecule has 0 amide bonds. The predicted molar refractivity (Wildman–Crippen MR) is 131 cm³/mol. The molecule has 0 spiro atoms. The van der Waals surface area contributed by atoms with Crippen molar-refractivity contribution in [2.24, 2.45) is 0 Å². The number of hydrogen-bond donors (Lipinski definition) is 0. The molecule has 9 nitrogen and oxygen atoms in total. The van der Waals surface area contributed by atoms with Gasteiger partial charge in [-0.2, -0.15) is 23.4 Å². The highest BCUT2D eigenvalue weighted by atomic mass is 19.4. The van der Waals surface area contributed by atoms with Crippen LogP contribution in [-0.2, 0) is 17.5 Å². The zero-order valence-electron chi connectivity index (χ0n) is 19.9. The highest BCUT2D eigenvalue weighted by Gasteiger charge is 2.31. The average molecular weight is 519 g/mol. The van der Waals surface area contributed by atoms with Gasteiger partial charge < -0.3 is 4.74 Å². The van der Waals surface area contributed by atoms with E-state index in [4.69, 9.17) is 9.72 Å². The first kappa shape index (κ1) is 23.9. The molecule has 0 radical (unpaired) electrons. The van der Waals surface area contributed by atoms with Crippen LogP contribution in [0.2, 0.25) is 0 Å². The number of aromatic nitrogens is 6. The van der Waals surface area contributed by atoms with Gasteiger partial charge in [0.25, 0.3) is 0 Å². The second-order valence-corrected chi connectivity index (χ2v) is 9.09. The van der Waals surface area contributed by atoms with Gasteiger partial charge in [0.2, 0.25) is 5.95 Å². The lowest BCUT2D eigenvalue weighted by Gasteiger charge is -2.22. The molecule has 192 valence electrons. The number of hydrogen-bond acceptors (Lipinski definition) is 6. The van der Waals surface area contributed by atoms with E-state index in [1.807, 2.05) is 0 Å². The molecule has 0 unspecified atom stereocenters. The molecule has 1 aliphatic rings. The number of halogens is 3. The molecule has 3 aromatic heterocycles. The maximum Gasteiger partial charge on any atom is 0.416 e. The third-order valence-corrected chi connectivity index (χ3v) is 6.74. The molecule has 1 saturated heterocycles. The van der Waals surface area contributed by atoms with Crippen molar-refractivity contribution >= 4 is 22.2 Å². The number of alkyl halides is 3. The minimum atomic E-state index is -4.49. The summed E-state index contributed by atoms with van der Waals surface area (Å²) in [7, 11) is 0. The topological polar surface area (TPSA) is 104 Å². The third-order valence-electron chi connectivity index (χ3n) is 6.74. The molecule has 1 fully saturated rings. The Bertz CT molecular complexity index is 1770. The van der Waals surface area contributed by atoms with Gasteiger partial charge in [0, 0.05) is 19.3 Å². The molecule has 0 aliphatic carbocycles. The first-order valence-corrected chi connectivity index (χ1v) is 11.9. The monoisotopic (exact) mass is 519 g/mol. The van der Waals surface area contributed by atoms with E-state index in [1.165, 1.54) is 16.8 Å². The van der Waals surface area contributed by atoms with Crippen LogP contribution in [0.1, 0.15) is 35.6 Å². The largest absolute Gasteiger partial charge is 0.416 e. The molecule has 38 heavy (non-hydrogen) atoms. The van der Waals surface area contributed by atoms with Crippen molar-refractivity contribution in [1.82, 2.24) is 28.7 Å². The van der Waals surface area contributed by atoms with Crippen LogP contribution in [0.25, 0.3) is 28.1 Å². The van der Waals surface area contributed by atoms with Crippen LogP contribution in [0.4, 0.5) is 13.2 Å². The normalized spacial score (nSPS) is 14.8. The Balaban J connectivity index is 1.51. The smallest absolute Gasteiger partial charge is 0.381 e. The molecule has 5 aromatic rings. The van der Waals surface area contributed by atoms with Gasteiger partial charge in [0.1, 0.15) is 11.8 Å². The van der Waals surface area contributed by atoms with E-state index in [1.54, 1.807) is 39.7 Å². The van der Waals surface area contributed by atoms with Gasteiger partial charge in [-0.25, -0.2) is 14.8 Å². The molecular formula is C26H20F3N7O2. The van der Waals surface area contributed by atoms with Crippen LogP contribution in [0.5, 0.6) is 0 Å². The van der Waals surface area contributed by atoms with E-state index in [0.29, 0.717) is 59.4 Å². The number of imidazole rings is 2. The SMILES string of the molecule is N#Cc1ccc2ncn(-c3ncc4c(n3)n(C3CCOCC3)c(=O)n4Cc3cccc(C(F)(F)F)c3)c2c1. The second-order valence-electron chi connectivity index (χ2n) is 9.09. The molecule has 2 aromatic carbocycles. The van der Waals surface area contributed by atoms with E-state index in [9.17, 15) is 23.2 Å². The summed E-state index contributed by atoms with van der Waals surface area (Å²) in [6.45, 7) is 0.897. The van der Waals surface area contributed by atoms with Crippen LogP contribution in [0.3, 0.4) is 0 Å². The quantitative estimate of drug-likeness (QED) is 0.352.